The number of pyridine rings is 1. The van der Waals surface area contributed by atoms with Gasteiger partial charge < -0.3 is 10.1 Å². The minimum Gasteiger partial charge on any atom is -0.467 e. The van der Waals surface area contributed by atoms with Crippen molar-refractivity contribution in [3.8, 4) is 0 Å². The fourth-order valence-corrected chi connectivity index (χ4v) is 1.19. The first-order valence-corrected chi connectivity index (χ1v) is 4.84. The van der Waals surface area contributed by atoms with E-state index in [0.29, 0.717) is 5.82 Å². The van der Waals surface area contributed by atoms with Gasteiger partial charge in [0.25, 0.3) is 5.69 Å². The Morgan fingerprint density at radius 3 is 2.59 bits per heavy atom. The maximum atomic E-state index is 11.4. The summed E-state index contributed by atoms with van der Waals surface area (Å²) >= 11 is 0. The van der Waals surface area contributed by atoms with Crippen LogP contribution in [0.2, 0.25) is 0 Å². The molecule has 0 aromatic carbocycles. The van der Waals surface area contributed by atoms with Crippen molar-refractivity contribution in [3.63, 3.8) is 0 Å². The van der Waals surface area contributed by atoms with Crippen LogP contribution in [-0.4, -0.2) is 28.5 Å². The molecule has 1 heterocycles. The number of methoxy groups -OCH3 is 1. The number of rotatable bonds is 4. The zero-order chi connectivity index (χ0) is 13.1. The van der Waals surface area contributed by atoms with E-state index in [4.69, 9.17) is 0 Å². The van der Waals surface area contributed by atoms with Crippen molar-refractivity contribution in [1.29, 1.82) is 0 Å². The Kier molecular flexibility index (Phi) is 3.62. The predicted molar refractivity (Wildman–Crippen MR) is 60.6 cm³/mol. The summed E-state index contributed by atoms with van der Waals surface area (Å²) in [5, 5.41) is 13.2. The second-order valence-electron chi connectivity index (χ2n) is 3.90. The van der Waals surface area contributed by atoms with E-state index < -0.39 is 16.4 Å². The van der Waals surface area contributed by atoms with Crippen molar-refractivity contribution in [2.75, 3.05) is 12.4 Å². The monoisotopic (exact) mass is 239 g/mol. The topological polar surface area (TPSA) is 94.4 Å². The van der Waals surface area contributed by atoms with E-state index in [9.17, 15) is 14.9 Å². The minimum atomic E-state index is -0.947. The molecule has 1 N–H and O–H groups in total. The largest absolute Gasteiger partial charge is 0.467 e. The van der Waals surface area contributed by atoms with Crippen LogP contribution in [0, 0.1) is 10.1 Å². The van der Waals surface area contributed by atoms with E-state index in [1.165, 1.54) is 19.2 Å². The van der Waals surface area contributed by atoms with Gasteiger partial charge in [-0.15, -0.1) is 0 Å². The highest BCUT2D eigenvalue weighted by molar-refractivity contribution is 5.83. The Labute approximate surface area is 98.0 Å². The van der Waals surface area contributed by atoms with Gasteiger partial charge >= 0.3 is 5.97 Å². The maximum Gasteiger partial charge on any atom is 0.330 e. The second-order valence-corrected chi connectivity index (χ2v) is 3.90. The highest BCUT2D eigenvalue weighted by Crippen LogP contribution is 2.16. The molecule has 0 spiro atoms. The van der Waals surface area contributed by atoms with E-state index in [-0.39, 0.29) is 5.69 Å². The molecule has 0 aliphatic rings. The summed E-state index contributed by atoms with van der Waals surface area (Å²) in [5.74, 6) is -0.0800. The number of hydrogen-bond donors (Lipinski definition) is 1. The number of nitrogens with zero attached hydrogens (tertiary/aromatic N) is 2. The van der Waals surface area contributed by atoms with Gasteiger partial charge in [0.15, 0.2) is 0 Å². The second kappa shape index (κ2) is 4.77. The van der Waals surface area contributed by atoms with Crippen LogP contribution in [0.1, 0.15) is 13.8 Å². The predicted octanol–water partition coefficient (Wildman–Crippen LogP) is 1.35. The zero-order valence-electron chi connectivity index (χ0n) is 9.76. The van der Waals surface area contributed by atoms with Gasteiger partial charge in [0.1, 0.15) is 17.6 Å². The van der Waals surface area contributed by atoms with E-state index >= 15 is 0 Å². The molecule has 1 rings (SSSR count). The Hall–Kier alpha value is -2.18. The molecule has 0 saturated heterocycles. The van der Waals surface area contributed by atoms with Crippen molar-refractivity contribution in [3.05, 3.63) is 28.4 Å². The molecule has 0 fully saturated rings. The van der Waals surface area contributed by atoms with Gasteiger partial charge in [-0.2, -0.15) is 0 Å². The molecule has 92 valence electrons. The lowest BCUT2D eigenvalue weighted by atomic mass is 10.1. The van der Waals surface area contributed by atoms with Crippen LogP contribution in [0.5, 0.6) is 0 Å². The van der Waals surface area contributed by atoms with Gasteiger partial charge in [-0.1, -0.05) is 0 Å². The number of carbonyl (C=O) groups excluding carboxylic acids is 1. The van der Waals surface area contributed by atoms with Crippen molar-refractivity contribution < 1.29 is 14.5 Å². The van der Waals surface area contributed by atoms with E-state index in [0.717, 1.165) is 6.20 Å². The summed E-state index contributed by atoms with van der Waals surface area (Å²) in [6.07, 6.45) is 1.12. The average molecular weight is 239 g/mol. The first-order valence-electron chi connectivity index (χ1n) is 4.84. The van der Waals surface area contributed by atoms with E-state index in [1.54, 1.807) is 13.8 Å². The number of carbonyl (C=O) groups is 1. The van der Waals surface area contributed by atoms with Crippen LogP contribution in [0.4, 0.5) is 11.5 Å². The number of anilines is 1. The number of ether oxygens (including phenoxy) is 1. The molecule has 1 aromatic heterocycles. The third-order valence-corrected chi connectivity index (χ3v) is 2.09. The summed E-state index contributed by atoms with van der Waals surface area (Å²) in [6.45, 7) is 3.25. The Morgan fingerprint density at radius 2 is 2.18 bits per heavy atom. The fourth-order valence-electron chi connectivity index (χ4n) is 1.19. The maximum absolute atomic E-state index is 11.4. The molecule has 0 radical (unpaired) electrons. The Morgan fingerprint density at radius 1 is 1.53 bits per heavy atom. The van der Waals surface area contributed by atoms with Crippen LogP contribution in [-0.2, 0) is 9.53 Å². The molecule has 0 aliphatic carbocycles. The minimum absolute atomic E-state index is 0.105. The van der Waals surface area contributed by atoms with Gasteiger partial charge in [-0.05, 0) is 19.9 Å². The highest BCUT2D eigenvalue weighted by Gasteiger charge is 2.28. The first-order chi connectivity index (χ1) is 7.86. The summed E-state index contributed by atoms with van der Waals surface area (Å²) in [7, 11) is 1.29. The van der Waals surface area contributed by atoms with Crippen LogP contribution in [0.3, 0.4) is 0 Å². The van der Waals surface area contributed by atoms with Crippen molar-refractivity contribution >= 4 is 17.5 Å². The molecule has 0 unspecified atom stereocenters. The Balaban J connectivity index is 2.82. The Bertz CT molecular complexity index is 428. The number of esters is 1. The average Bonchev–Trinajstić information content (AvgIpc) is 2.28. The zero-order valence-corrected chi connectivity index (χ0v) is 9.76. The summed E-state index contributed by atoms with van der Waals surface area (Å²) < 4.78 is 4.61. The number of aromatic nitrogens is 1. The normalized spacial score (nSPS) is 10.8. The molecule has 0 bridgehead atoms. The van der Waals surface area contributed by atoms with E-state index in [2.05, 4.69) is 15.0 Å². The SMILES string of the molecule is COC(=O)C(C)(C)Nc1ccc([N+](=O)[O-])cn1. The molecule has 1 aromatic rings. The molecule has 7 nitrogen and oxygen atoms in total. The molecule has 0 saturated carbocycles. The first kappa shape index (κ1) is 12.9. The summed E-state index contributed by atoms with van der Waals surface area (Å²) in [5.41, 5.74) is -1.05. The fraction of sp³-hybridized carbons (Fsp3) is 0.400. The summed E-state index contributed by atoms with van der Waals surface area (Å²) in [6, 6.07) is 2.74. The molecule has 0 amide bonds. The molecule has 0 aliphatic heterocycles. The van der Waals surface area contributed by atoms with Gasteiger partial charge in [0.05, 0.1) is 12.0 Å². The summed E-state index contributed by atoms with van der Waals surface area (Å²) in [4.78, 5) is 25.1. The highest BCUT2D eigenvalue weighted by atomic mass is 16.6. The van der Waals surface area contributed by atoms with Crippen molar-refractivity contribution in [1.82, 2.24) is 4.98 Å². The van der Waals surface area contributed by atoms with Crippen LogP contribution in [0.15, 0.2) is 18.3 Å². The number of nitro groups is 1. The standard InChI is InChI=1S/C10H13N3O4/c1-10(2,9(14)17-3)12-8-5-4-7(6-11-8)13(15)16/h4-6H,1-3H3,(H,11,12). The van der Waals surface area contributed by atoms with Gasteiger partial charge in [0, 0.05) is 6.07 Å². The number of hydrogen-bond acceptors (Lipinski definition) is 6. The lowest BCUT2D eigenvalue weighted by molar-refractivity contribution is -0.385. The van der Waals surface area contributed by atoms with Gasteiger partial charge in [-0.25, -0.2) is 9.78 Å². The lowest BCUT2D eigenvalue weighted by Crippen LogP contribution is -2.41. The number of nitrogens with one attached hydrogen (secondary N) is 1. The van der Waals surface area contributed by atoms with Crippen molar-refractivity contribution in [2.24, 2.45) is 0 Å². The molecular weight excluding hydrogens is 226 g/mol. The smallest absolute Gasteiger partial charge is 0.330 e. The van der Waals surface area contributed by atoms with Gasteiger partial charge in [0.2, 0.25) is 0 Å². The van der Waals surface area contributed by atoms with Gasteiger partial charge in [-0.3, -0.25) is 10.1 Å². The molecule has 0 atom stereocenters. The third-order valence-electron chi connectivity index (χ3n) is 2.09. The quantitative estimate of drug-likeness (QED) is 0.484. The lowest BCUT2D eigenvalue weighted by Gasteiger charge is -2.23. The van der Waals surface area contributed by atoms with Crippen LogP contribution < -0.4 is 5.32 Å². The molecule has 17 heavy (non-hydrogen) atoms. The van der Waals surface area contributed by atoms with Crippen molar-refractivity contribution in [2.45, 2.75) is 19.4 Å². The van der Waals surface area contributed by atoms with Crippen LogP contribution in [0.25, 0.3) is 0 Å². The van der Waals surface area contributed by atoms with Crippen LogP contribution >= 0.6 is 0 Å². The molecule has 7 heteroatoms. The molecular formula is C10H13N3O4. The third kappa shape index (κ3) is 3.13. The van der Waals surface area contributed by atoms with E-state index in [1.807, 2.05) is 0 Å².